The SMILES string of the molecule is COc1cccc(C(=O)Nc2ccc3c(c2)OCO3)c1. The number of carbonyl (C=O) groups is 1. The summed E-state index contributed by atoms with van der Waals surface area (Å²) >= 11 is 0. The van der Waals surface area contributed by atoms with Gasteiger partial charge >= 0.3 is 0 Å². The van der Waals surface area contributed by atoms with Gasteiger partial charge in [-0.2, -0.15) is 0 Å². The number of methoxy groups -OCH3 is 1. The summed E-state index contributed by atoms with van der Waals surface area (Å²) in [7, 11) is 1.56. The Bertz CT molecular complexity index is 654. The molecule has 20 heavy (non-hydrogen) atoms. The number of hydrogen-bond donors (Lipinski definition) is 1. The first kappa shape index (κ1) is 12.3. The molecule has 2 aromatic carbocycles. The third-order valence-electron chi connectivity index (χ3n) is 2.96. The van der Waals surface area contributed by atoms with Crippen LogP contribution in [-0.2, 0) is 0 Å². The lowest BCUT2D eigenvalue weighted by Gasteiger charge is -2.07. The first-order valence-electron chi connectivity index (χ1n) is 6.11. The number of benzene rings is 2. The van der Waals surface area contributed by atoms with E-state index in [0.717, 1.165) is 0 Å². The Morgan fingerprint density at radius 3 is 2.85 bits per heavy atom. The Kier molecular flexibility index (Phi) is 3.16. The second-order valence-electron chi connectivity index (χ2n) is 4.25. The molecule has 0 bridgehead atoms. The van der Waals surface area contributed by atoms with Gasteiger partial charge in [0.25, 0.3) is 5.91 Å². The predicted octanol–water partition coefficient (Wildman–Crippen LogP) is 2.68. The molecule has 0 fully saturated rings. The molecule has 5 nitrogen and oxygen atoms in total. The van der Waals surface area contributed by atoms with Gasteiger partial charge in [0.15, 0.2) is 11.5 Å². The summed E-state index contributed by atoms with van der Waals surface area (Å²) in [4.78, 5) is 12.1. The molecule has 102 valence electrons. The van der Waals surface area contributed by atoms with Crippen molar-refractivity contribution >= 4 is 11.6 Å². The van der Waals surface area contributed by atoms with Gasteiger partial charge in [-0.15, -0.1) is 0 Å². The zero-order chi connectivity index (χ0) is 13.9. The molecule has 0 unspecified atom stereocenters. The normalized spacial score (nSPS) is 12.1. The first-order chi connectivity index (χ1) is 9.76. The summed E-state index contributed by atoms with van der Waals surface area (Å²) in [6, 6.07) is 12.2. The van der Waals surface area contributed by atoms with E-state index in [4.69, 9.17) is 14.2 Å². The summed E-state index contributed by atoms with van der Waals surface area (Å²) in [5.41, 5.74) is 1.18. The van der Waals surface area contributed by atoms with Crippen molar-refractivity contribution in [2.24, 2.45) is 0 Å². The molecule has 1 N–H and O–H groups in total. The largest absolute Gasteiger partial charge is 0.497 e. The van der Waals surface area contributed by atoms with Crippen LogP contribution in [0, 0.1) is 0 Å². The van der Waals surface area contributed by atoms with E-state index in [1.165, 1.54) is 0 Å². The van der Waals surface area contributed by atoms with Gasteiger partial charge in [0.2, 0.25) is 6.79 Å². The van der Waals surface area contributed by atoms with Crippen LogP contribution < -0.4 is 19.5 Å². The summed E-state index contributed by atoms with van der Waals surface area (Å²) < 4.78 is 15.6. The van der Waals surface area contributed by atoms with Crippen molar-refractivity contribution in [3.8, 4) is 17.2 Å². The maximum atomic E-state index is 12.1. The Labute approximate surface area is 116 Å². The van der Waals surface area contributed by atoms with E-state index in [2.05, 4.69) is 5.32 Å². The molecule has 1 amide bonds. The topological polar surface area (TPSA) is 56.8 Å². The highest BCUT2D eigenvalue weighted by Crippen LogP contribution is 2.34. The van der Waals surface area contributed by atoms with Crippen LogP contribution in [0.5, 0.6) is 17.2 Å². The van der Waals surface area contributed by atoms with Gasteiger partial charge in [0.05, 0.1) is 7.11 Å². The van der Waals surface area contributed by atoms with Gasteiger partial charge in [-0.3, -0.25) is 4.79 Å². The van der Waals surface area contributed by atoms with Crippen LogP contribution >= 0.6 is 0 Å². The second-order valence-corrected chi connectivity index (χ2v) is 4.25. The van der Waals surface area contributed by atoms with Gasteiger partial charge in [-0.25, -0.2) is 0 Å². The van der Waals surface area contributed by atoms with Crippen LogP contribution in [0.1, 0.15) is 10.4 Å². The first-order valence-corrected chi connectivity index (χ1v) is 6.11. The minimum absolute atomic E-state index is 0.206. The van der Waals surface area contributed by atoms with Gasteiger partial charge in [0.1, 0.15) is 5.75 Å². The number of amides is 1. The standard InChI is InChI=1S/C15H13NO4/c1-18-12-4-2-3-10(7-12)15(17)16-11-5-6-13-14(8-11)20-9-19-13/h2-8H,9H2,1H3,(H,16,17). The van der Waals surface area contributed by atoms with E-state index in [-0.39, 0.29) is 12.7 Å². The lowest BCUT2D eigenvalue weighted by atomic mass is 10.2. The fourth-order valence-corrected chi connectivity index (χ4v) is 1.94. The highest BCUT2D eigenvalue weighted by atomic mass is 16.7. The second kappa shape index (κ2) is 5.13. The molecule has 0 aromatic heterocycles. The summed E-state index contributed by atoms with van der Waals surface area (Å²) in [6.07, 6.45) is 0. The maximum Gasteiger partial charge on any atom is 0.255 e. The van der Waals surface area contributed by atoms with Crippen LogP contribution in [0.25, 0.3) is 0 Å². The summed E-state index contributed by atoms with van der Waals surface area (Å²) in [6.45, 7) is 0.211. The molecule has 0 spiro atoms. The molecule has 0 saturated carbocycles. The van der Waals surface area contributed by atoms with Crippen molar-refractivity contribution in [1.29, 1.82) is 0 Å². The van der Waals surface area contributed by atoms with Gasteiger partial charge < -0.3 is 19.5 Å². The molecule has 2 aromatic rings. The molecule has 5 heteroatoms. The monoisotopic (exact) mass is 271 g/mol. The van der Waals surface area contributed by atoms with E-state index in [1.807, 2.05) is 0 Å². The van der Waals surface area contributed by atoms with Crippen LogP contribution in [0.2, 0.25) is 0 Å². The third-order valence-corrected chi connectivity index (χ3v) is 2.96. The Morgan fingerprint density at radius 1 is 1.15 bits per heavy atom. The fraction of sp³-hybridized carbons (Fsp3) is 0.133. The van der Waals surface area contributed by atoms with E-state index < -0.39 is 0 Å². The van der Waals surface area contributed by atoms with Crippen LogP contribution in [0.15, 0.2) is 42.5 Å². The molecule has 0 aliphatic carbocycles. The average Bonchev–Trinajstić information content (AvgIpc) is 2.95. The molecule has 0 radical (unpaired) electrons. The molecule has 1 aliphatic rings. The number of anilines is 1. The lowest BCUT2D eigenvalue weighted by molar-refractivity contribution is 0.102. The van der Waals surface area contributed by atoms with Gasteiger partial charge in [-0.05, 0) is 30.3 Å². The quantitative estimate of drug-likeness (QED) is 0.932. The average molecular weight is 271 g/mol. The Hall–Kier alpha value is -2.69. The number of hydrogen-bond acceptors (Lipinski definition) is 4. The smallest absolute Gasteiger partial charge is 0.255 e. The fourth-order valence-electron chi connectivity index (χ4n) is 1.94. The minimum Gasteiger partial charge on any atom is -0.497 e. The van der Waals surface area contributed by atoms with Crippen LogP contribution in [0.4, 0.5) is 5.69 Å². The number of fused-ring (bicyclic) bond motifs is 1. The van der Waals surface area contributed by atoms with Crippen LogP contribution in [0.3, 0.4) is 0 Å². The van der Waals surface area contributed by atoms with E-state index in [1.54, 1.807) is 49.6 Å². The molecule has 1 aliphatic heterocycles. The summed E-state index contributed by atoms with van der Waals surface area (Å²) in [5, 5.41) is 2.81. The van der Waals surface area contributed by atoms with Crippen molar-refractivity contribution in [1.82, 2.24) is 0 Å². The van der Waals surface area contributed by atoms with Crippen molar-refractivity contribution in [3.63, 3.8) is 0 Å². The zero-order valence-corrected chi connectivity index (χ0v) is 10.9. The van der Waals surface area contributed by atoms with E-state index >= 15 is 0 Å². The molecule has 0 saturated heterocycles. The molecule has 1 heterocycles. The molecular weight excluding hydrogens is 258 g/mol. The zero-order valence-electron chi connectivity index (χ0n) is 10.9. The van der Waals surface area contributed by atoms with E-state index in [0.29, 0.717) is 28.5 Å². The predicted molar refractivity (Wildman–Crippen MR) is 73.5 cm³/mol. The Morgan fingerprint density at radius 2 is 2.00 bits per heavy atom. The van der Waals surface area contributed by atoms with Gasteiger partial charge in [-0.1, -0.05) is 6.07 Å². The number of rotatable bonds is 3. The molecule has 3 rings (SSSR count). The minimum atomic E-state index is -0.206. The number of carbonyl (C=O) groups excluding carboxylic acids is 1. The molecule has 0 atom stereocenters. The summed E-state index contributed by atoms with van der Waals surface area (Å²) in [5.74, 6) is 1.75. The number of nitrogens with one attached hydrogen (secondary N) is 1. The molecular formula is C15H13NO4. The van der Waals surface area contributed by atoms with Crippen molar-refractivity contribution in [2.45, 2.75) is 0 Å². The van der Waals surface area contributed by atoms with E-state index in [9.17, 15) is 4.79 Å². The lowest BCUT2D eigenvalue weighted by Crippen LogP contribution is -2.11. The van der Waals surface area contributed by atoms with Crippen LogP contribution in [-0.4, -0.2) is 19.8 Å². The van der Waals surface area contributed by atoms with Gasteiger partial charge in [0, 0.05) is 17.3 Å². The highest BCUT2D eigenvalue weighted by molar-refractivity contribution is 6.04. The van der Waals surface area contributed by atoms with Crippen molar-refractivity contribution < 1.29 is 19.0 Å². The Balaban J connectivity index is 1.78. The maximum absolute atomic E-state index is 12.1. The third kappa shape index (κ3) is 2.38. The number of ether oxygens (including phenoxy) is 3. The highest BCUT2D eigenvalue weighted by Gasteiger charge is 2.14. The van der Waals surface area contributed by atoms with Crippen molar-refractivity contribution in [2.75, 3.05) is 19.2 Å². The van der Waals surface area contributed by atoms with Crippen molar-refractivity contribution in [3.05, 3.63) is 48.0 Å².